The smallest absolute Gasteiger partial charge is 0.326 e. The highest BCUT2D eigenvalue weighted by Gasteiger charge is 2.29. The van der Waals surface area contributed by atoms with Gasteiger partial charge in [-0.2, -0.15) is 0 Å². The average molecular weight is 272 g/mol. The summed E-state index contributed by atoms with van der Waals surface area (Å²) in [6, 6.07) is -1.28. The summed E-state index contributed by atoms with van der Waals surface area (Å²) in [5.41, 5.74) is 0.0339. The Kier molecular flexibility index (Phi) is 5.60. The summed E-state index contributed by atoms with van der Waals surface area (Å²) in [5.74, 6) is -1.16. The van der Waals surface area contributed by atoms with Crippen LogP contribution in [0.5, 0.6) is 0 Å². The van der Waals surface area contributed by atoms with E-state index in [-0.39, 0.29) is 11.3 Å². The van der Waals surface area contributed by atoms with Crippen LogP contribution in [-0.4, -0.2) is 42.9 Å². The van der Waals surface area contributed by atoms with Crippen LogP contribution in [0.4, 0.5) is 4.79 Å². The molecule has 6 nitrogen and oxygen atoms in total. The van der Waals surface area contributed by atoms with Crippen molar-refractivity contribution in [3.8, 4) is 0 Å². The highest BCUT2D eigenvalue weighted by atomic mass is 16.5. The lowest BCUT2D eigenvalue weighted by Crippen LogP contribution is -2.50. The number of amides is 2. The van der Waals surface area contributed by atoms with Crippen molar-refractivity contribution in [2.24, 2.45) is 11.3 Å². The molecule has 1 aliphatic rings. The first kappa shape index (κ1) is 15.8. The van der Waals surface area contributed by atoms with Gasteiger partial charge >= 0.3 is 12.0 Å². The second-order valence-corrected chi connectivity index (χ2v) is 5.81. The van der Waals surface area contributed by atoms with E-state index in [1.54, 1.807) is 13.8 Å². The Hall–Kier alpha value is -1.30. The molecule has 0 aromatic heterocycles. The molecule has 1 fully saturated rings. The lowest BCUT2D eigenvalue weighted by Gasteiger charge is -2.33. The summed E-state index contributed by atoms with van der Waals surface area (Å²) in [6.07, 6.45) is 1.81. The summed E-state index contributed by atoms with van der Waals surface area (Å²) in [7, 11) is 0. The van der Waals surface area contributed by atoms with Crippen molar-refractivity contribution in [2.45, 2.75) is 39.7 Å². The number of nitrogens with one attached hydrogen (secondary N) is 2. The second-order valence-electron chi connectivity index (χ2n) is 5.81. The topological polar surface area (TPSA) is 87.7 Å². The number of aliphatic carboxylic acids is 1. The fraction of sp³-hybridized carbons (Fsp3) is 0.846. The molecular formula is C13H24N2O4. The highest BCUT2D eigenvalue weighted by molar-refractivity contribution is 5.82. The molecule has 0 spiro atoms. The number of carbonyl (C=O) groups is 2. The molecular weight excluding hydrogens is 248 g/mol. The molecule has 0 bridgehead atoms. The maximum absolute atomic E-state index is 11.7. The number of ether oxygens (including phenoxy) is 1. The van der Waals surface area contributed by atoms with Crippen molar-refractivity contribution in [3.63, 3.8) is 0 Å². The molecule has 6 heteroatoms. The highest BCUT2D eigenvalue weighted by Crippen LogP contribution is 2.28. The minimum Gasteiger partial charge on any atom is -0.480 e. The van der Waals surface area contributed by atoms with Gasteiger partial charge in [0.15, 0.2) is 0 Å². The fourth-order valence-corrected chi connectivity index (χ4v) is 2.04. The molecule has 0 aliphatic carbocycles. The predicted octanol–water partition coefficient (Wildman–Crippen LogP) is 1.21. The number of carboxylic acid groups (broad SMARTS) is 1. The van der Waals surface area contributed by atoms with Crippen molar-refractivity contribution in [1.29, 1.82) is 0 Å². The van der Waals surface area contributed by atoms with Crippen LogP contribution in [0.25, 0.3) is 0 Å². The van der Waals surface area contributed by atoms with E-state index >= 15 is 0 Å². The van der Waals surface area contributed by atoms with Crippen molar-refractivity contribution in [3.05, 3.63) is 0 Å². The third-order valence-corrected chi connectivity index (χ3v) is 3.59. The van der Waals surface area contributed by atoms with E-state index in [4.69, 9.17) is 9.84 Å². The van der Waals surface area contributed by atoms with Crippen LogP contribution in [0, 0.1) is 11.3 Å². The molecule has 1 atom stereocenters. The minimum absolute atomic E-state index is 0.0339. The first-order chi connectivity index (χ1) is 8.84. The molecule has 0 aromatic carbocycles. The summed E-state index contributed by atoms with van der Waals surface area (Å²) in [5, 5.41) is 14.3. The van der Waals surface area contributed by atoms with Gasteiger partial charge in [0.2, 0.25) is 0 Å². The molecule has 0 saturated carbocycles. The molecule has 0 aromatic rings. The standard InChI is InChI=1S/C13H24N2O4/c1-9(2)10(11(16)17)15-12(18)14-8-13(3)4-6-19-7-5-13/h9-10H,4-8H2,1-3H3,(H,16,17)(H2,14,15,18)/t10-/m0/s1. The van der Waals surface area contributed by atoms with Crippen LogP contribution < -0.4 is 10.6 Å². The quantitative estimate of drug-likeness (QED) is 0.702. The molecule has 1 aliphatic heterocycles. The van der Waals surface area contributed by atoms with E-state index in [9.17, 15) is 9.59 Å². The number of hydrogen-bond donors (Lipinski definition) is 3. The molecule has 3 N–H and O–H groups in total. The Bertz CT molecular complexity index is 325. The maximum Gasteiger partial charge on any atom is 0.326 e. The van der Waals surface area contributed by atoms with Crippen LogP contribution in [0.15, 0.2) is 0 Å². The molecule has 19 heavy (non-hydrogen) atoms. The van der Waals surface area contributed by atoms with E-state index in [1.807, 2.05) is 0 Å². The molecule has 1 saturated heterocycles. The van der Waals surface area contributed by atoms with Gasteiger partial charge in [-0.1, -0.05) is 20.8 Å². The van der Waals surface area contributed by atoms with Gasteiger partial charge < -0.3 is 20.5 Å². The summed E-state index contributed by atoms with van der Waals surface area (Å²) in [4.78, 5) is 22.7. The second kappa shape index (κ2) is 6.75. The number of rotatable bonds is 5. The third kappa shape index (κ3) is 5.06. The lowest BCUT2D eigenvalue weighted by molar-refractivity contribution is -0.140. The zero-order chi connectivity index (χ0) is 14.5. The molecule has 1 rings (SSSR count). The number of hydrogen-bond acceptors (Lipinski definition) is 3. The average Bonchev–Trinajstić information content (AvgIpc) is 2.34. The predicted molar refractivity (Wildman–Crippen MR) is 71.0 cm³/mol. The van der Waals surface area contributed by atoms with Gasteiger partial charge in [-0.25, -0.2) is 9.59 Å². The number of carbonyl (C=O) groups excluding carboxylic acids is 1. The van der Waals surface area contributed by atoms with Crippen molar-refractivity contribution in [1.82, 2.24) is 10.6 Å². The van der Waals surface area contributed by atoms with E-state index in [0.29, 0.717) is 19.8 Å². The zero-order valence-corrected chi connectivity index (χ0v) is 11.9. The van der Waals surface area contributed by atoms with Crippen molar-refractivity contribution >= 4 is 12.0 Å². The monoisotopic (exact) mass is 272 g/mol. The van der Waals surface area contributed by atoms with E-state index in [0.717, 1.165) is 12.8 Å². The van der Waals surface area contributed by atoms with E-state index in [1.165, 1.54) is 0 Å². The summed E-state index contributed by atoms with van der Waals surface area (Å²) < 4.78 is 5.29. The molecule has 2 amide bonds. The Morgan fingerprint density at radius 3 is 2.37 bits per heavy atom. The van der Waals surface area contributed by atoms with Crippen LogP contribution in [0.2, 0.25) is 0 Å². The largest absolute Gasteiger partial charge is 0.480 e. The fourth-order valence-electron chi connectivity index (χ4n) is 2.04. The van der Waals surface area contributed by atoms with Gasteiger partial charge in [-0.15, -0.1) is 0 Å². The third-order valence-electron chi connectivity index (χ3n) is 3.59. The summed E-state index contributed by atoms with van der Waals surface area (Å²) in [6.45, 7) is 7.59. The first-order valence-electron chi connectivity index (χ1n) is 6.69. The van der Waals surface area contributed by atoms with Crippen LogP contribution in [0.3, 0.4) is 0 Å². The molecule has 1 heterocycles. The first-order valence-corrected chi connectivity index (χ1v) is 6.69. The maximum atomic E-state index is 11.7. The van der Waals surface area contributed by atoms with Crippen molar-refractivity contribution < 1.29 is 19.4 Å². The van der Waals surface area contributed by atoms with Crippen LogP contribution in [0.1, 0.15) is 33.6 Å². The molecule has 110 valence electrons. The Labute approximate surface area is 113 Å². The van der Waals surface area contributed by atoms with Gasteiger partial charge in [0.05, 0.1) is 0 Å². The number of urea groups is 1. The van der Waals surface area contributed by atoms with Gasteiger partial charge in [-0.3, -0.25) is 0 Å². The van der Waals surface area contributed by atoms with Gasteiger partial charge in [-0.05, 0) is 24.2 Å². The SMILES string of the molecule is CC(C)[C@H](NC(=O)NCC1(C)CCOCC1)C(=O)O. The van der Waals surface area contributed by atoms with Gasteiger partial charge in [0, 0.05) is 19.8 Å². The normalized spacial score (nSPS) is 19.8. The lowest BCUT2D eigenvalue weighted by atomic mass is 9.82. The van der Waals surface area contributed by atoms with Crippen molar-refractivity contribution in [2.75, 3.05) is 19.8 Å². The Morgan fingerprint density at radius 1 is 1.32 bits per heavy atom. The Balaban J connectivity index is 2.40. The van der Waals surface area contributed by atoms with Gasteiger partial charge in [0.1, 0.15) is 6.04 Å². The van der Waals surface area contributed by atoms with E-state index in [2.05, 4.69) is 17.6 Å². The zero-order valence-electron chi connectivity index (χ0n) is 11.9. The Morgan fingerprint density at radius 2 is 1.89 bits per heavy atom. The van der Waals surface area contributed by atoms with Crippen LogP contribution >= 0.6 is 0 Å². The minimum atomic E-state index is -1.01. The molecule has 0 radical (unpaired) electrons. The van der Waals surface area contributed by atoms with Gasteiger partial charge in [0.25, 0.3) is 0 Å². The van der Waals surface area contributed by atoms with Crippen LogP contribution in [-0.2, 0) is 9.53 Å². The van der Waals surface area contributed by atoms with E-state index < -0.39 is 18.0 Å². The molecule has 0 unspecified atom stereocenters. The summed E-state index contributed by atoms with van der Waals surface area (Å²) >= 11 is 0. The number of carboxylic acids is 1.